The molecule has 2 aliphatic heterocycles. The summed E-state index contributed by atoms with van der Waals surface area (Å²) in [5.41, 5.74) is 9.08. The molecule has 0 spiro atoms. The molecule has 2 atom stereocenters. The number of benzene rings is 2. The minimum absolute atomic E-state index is 0.0683. The number of anilines is 1. The zero-order valence-electron chi connectivity index (χ0n) is 19.7. The van der Waals surface area contributed by atoms with Gasteiger partial charge in [-0.15, -0.1) is 6.58 Å². The fourth-order valence-electron chi connectivity index (χ4n) is 4.51. The number of aliphatic imine (C=N–C) groups is 1. The highest BCUT2D eigenvalue weighted by Gasteiger charge is 2.39. The van der Waals surface area contributed by atoms with Gasteiger partial charge in [0.2, 0.25) is 16.0 Å². The van der Waals surface area contributed by atoms with Crippen LogP contribution in [0.1, 0.15) is 47.7 Å². The fourth-order valence-corrected chi connectivity index (χ4v) is 6.43. The van der Waals surface area contributed by atoms with Gasteiger partial charge in [-0.05, 0) is 41.7 Å². The summed E-state index contributed by atoms with van der Waals surface area (Å²) in [5.74, 6) is -0.0714. The highest BCUT2D eigenvalue weighted by Crippen LogP contribution is 2.37. The van der Waals surface area contributed by atoms with Gasteiger partial charge in [-0.2, -0.15) is 0 Å². The van der Waals surface area contributed by atoms with Gasteiger partial charge in [0.1, 0.15) is 5.25 Å². The highest BCUT2D eigenvalue weighted by atomic mass is 35.5. The number of carbonyl (C=O) groups is 1. The Morgan fingerprint density at radius 3 is 2.83 bits per heavy atom. The first-order chi connectivity index (χ1) is 16.8. The van der Waals surface area contributed by atoms with Crippen molar-refractivity contribution in [3.63, 3.8) is 0 Å². The lowest BCUT2D eigenvalue weighted by atomic mass is 10.1. The van der Waals surface area contributed by atoms with E-state index < -0.39 is 21.3 Å². The van der Waals surface area contributed by atoms with Crippen LogP contribution in [0.25, 0.3) is 0 Å². The fraction of sp³-hybridized carbons (Fsp3) is 0.360. The lowest BCUT2D eigenvalue weighted by molar-refractivity contribution is 0.246. The highest BCUT2D eigenvalue weighted by molar-refractivity contribution is 7.90. The molecule has 0 saturated carbocycles. The third-order valence-corrected chi connectivity index (χ3v) is 8.77. The van der Waals surface area contributed by atoms with Crippen molar-refractivity contribution >= 4 is 39.3 Å². The summed E-state index contributed by atoms with van der Waals surface area (Å²) < 4.78 is 28.4. The second-order valence-electron chi connectivity index (χ2n) is 8.63. The Morgan fingerprint density at radius 1 is 1.34 bits per heavy atom. The predicted octanol–water partition coefficient (Wildman–Crippen LogP) is 4.14. The number of fused-ring (bicyclic) bond motifs is 1. The number of hydrogen-bond acceptors (Lipinski definition) is 5. The van der Waals surface area contributed by atoms with Crippen LogP contribution in [0.15, 0.2) is 60.1 Å². The quantitative estimate of drug-likeness (QED) is 0.407. The zero-order chi connectivity index (χ0) is 25.2. The van der Waals surface area contributed by atoms with E-state index in [0.717, 1.165) is 34.0 Å². The molecule has 0 aromatic heterocycles. The molecule has 4 rings (SSSR count). The number of rotatable bonds is 8. The Kier molecular flexibility index (Phi) is 7.37. The van der Waals surface area contributed by atoms with E-state index >= 15 is 0 Å². The van der Waals surface area contributed by atoms with Crippen molar-refractivity contribution in [3.05, 3.63) is 76.8 Å². The molecule has 2 aromatic rings. The third-order valence-electron chi connectivity index (χ3n) is 6.37. The molecule has 0 aliphatic carbocycles. The Hall–Kier alpha value is -3.04. The van der Waals surface area contributed by atoms with E-state index in [1.54, 1.807) is 29.2 Å². The van der Waals surface area contributed by atoms with Crippen LogP contribution in [0.4, 0.5) is 10.5 Å². The number of carbonyl (C=O) groups excluding carboxylic acids is 1. The smallest absolute Gasteiger partial charge is 0.321 e. The van der Waals surface area contributed by atoms with E-state index in [9.17, 15) is 13.2 Å². The summed E-state index contributed by atoms with van der Waals surface area (Å²) in [4.78, 5) is 18.6. The van der Waals surface area contributed by atoms with E-state index in [0.29, 0.717) is 30.1 Å². The molecule has 3 N–H and O–H groups in total. The van der Waals surface area contributed by atoms with Gasteiger partial charge in [0.05, 0.1) is 12.6 Å². The number of hydrogen-bond donors (Lipinski definition) is 2. The van der Waals surface area contributed by atoms with Gasteiger partial charge in [0.25, 0.3) is 0 Å². The van der Waals surface area contributed by atoms with Gasteiger partial charge >= 0.3 is 6.03 Å². The van der Waals surface area contributed by atoms with Crippen molar-refractivity contribution in [2.75, 3.05) is 24.5 Å². The number of guanidine groups is 1. The largest absolute Gasteiger partial charge is 0.369 e. The summed E-state index contributed by atoms with van der Waals surface area (Å²) >= 11 is 6.30. The Balaban J connectivity index is 1.55. The van der Waals surface area contributed by atoms with Crippen LogP contribution in [0, 0.1) is 0 Å². The van der Waals surface area contributed by atoms with Crippen LogP contribution in [-0.4, -0.2) is 44.3 Å². The summed E-state index contributed by atoms with van der Waals surface area (Å²) in [6.45, 7) is 7.11. The van der Waals surface area contributed by atoms with Gasteiger partial charge in [0.15, 0.2) is 0 Å². The van der Waals surface area contributed by atoms with Crippen molar-refractivity contribution in [1.29, 1.82) is 0 Å². The minimum Gasteiger partial charge on any atom is -0.369 e. The summed E-state index contributed by atoms with van der Waals surface area (Å²) in [6, 6.07) is 11.9. The number of amides is 2. The van der Waals surface area contributed by atoms with Crippen LogP contribution >= 0.6 is 11.6 Å². The summed E-state index contributed by atoms with van der Waals surface area (Å²) in [7, 11) is -3.95. The van der Waals surface area contributed by atoms with Crippen LogP contribution in [0.2, 0.25) is 5.02 Å². The zero-order valence-corrected chi connectivity index (χ0v) is 21.2. The third kappa shape index (κ3) is 4.88. The van der Waals surface area contributed by atoms with Crippen molar-refractivity contribution in [2.24, 2.45) is 10.7 Å². The van der Waals surface area contributed by atoms with Crippen LogP contribution < -0.4 is 16.0 Å². The monoisotopic (exact) mass is 515 g/mol. The number of halogens is 1. The van der Waals surface area contributed by atoms with E-state index in [1.807, 2.05) is 18.2 Å². The molecule has 2 aromatic carbocycles. The van der Waals surface area contributed by atoms with Gasteiger partial charge in [-0.1, -0.05) is 61.4 Å². The van der Waals surface area contributed by atoms with E-state index in [-0.39, 0.29) is 18.5 Å². The van der Waals surface area contributed by atoms with Crippen LogP contribution in [-0.2, 0) is 16.4 Å². The lowest BCUT2D eigenvalue weighted by Crippen LogP contribution is -2.41. The molecule has 0 radical (unpaired) electrons. The number of nitrogens with one attached hydrogen (secondary N) is 1. The first-order valence-corrected chi connectivity index (χ1v) is 13.6. The number of sulfonamides is 1. The first-order valence-electron chi connectivity index (χ1n) is 11.7. The molecule has 0 bridgehead atoms. The van der Waals surface area contributed by atoms with Gasteiger partial charge < -0.3 is 11.1 Å². The van der Waals surface area contributed by atoms with E-state index in [1.165, 1.54) is 6.08 Å². The summed E-state index contributed by atoms with van der Waals surface area (Å²) in [5, 5.41) is 2.43. The van der Waals surface area contributed by atoms with Crippen molar-refractivity contribution in [3.8, 4) is 0 Å². The maximum absolute atomic E-state index is 13.6. The molecule has 2 amide bonds. The predicted molar refractivity (Wildman–Crippen MR) is 140 cm³/mol. The molecule has 186 valence electrons. The van der Waals surface area contributed by atoms with Crippen molar-refractivity contribution < 1.29 is 13.2 Å². The van der Waals surface area contributed by atoms with Gasteiger partial charge in [-0.3, -0.25) is 4.90 Å². The molecule has 8 nitrogen and oxygen atoms in total. The van der Waals surface area contributed by atoms with E-state index in [4.69, 9.17) is 17.3 Å². The number of urea groups is 1. The molecular weight excluding hydrogens is 486 g/mol. The minimum atomic E-state index is -3.95. The van der Waals surface area contributed by atoms with Gasteiger partial charge in [0, 0.05) is 23.8 Å². The lowest BCUT2D eigenvalue weighted by Gasteiger charge is -2.25. The maximum Gasteiger partial charge on any atom is 0.321 e. The Morgan fingerprint density at radius 2 is 2.11 bits per heavy atom. The molecule has 35 heavy (non-hydrogen) atoms. The van der Waals surface area contributed by atoms with Crippen molar-refractivity contribution in [2.45, 2.75) is 37.5 Å². The average Bonchev–Trinajstić information content (AvgIpc) is 3.43. The van der Waals surface area contributed by atoms with Gasteiger partial charge in [-0.25, -0.2) is 22.5 Å². The van der Waals surface area contributed by atoms with Crippen LogP contribution in [0.5, 0.6) is 0 Å². The second-order valence-corrected chi connectivity index (χ2v) is 11.0. The topological polar surface area (TPSA) is 108 Å². The SMILES string of the molecule is C=CC(c1ccc2c(c1)CCN2C(=O)NCCCC)S(=O)(=O)N1CC(c2ccccc2Cl)N=C1N. The van der Waals surface area contributed by atoms with E-state index in [2.05, 4.69) is 23.8 Å². The number of nitrogens with two attached hydrogens (primary N) is 1. The maximum atomic E-state index is 13.6. The Labute approximate surface area is 211 Å². The van der Waals surface area contributed by atoms with Crippen LogP contribution in [0.3, 0.4) is 0 Å². The van der Waals surface area contributed by atoms with Crippen molar-refractivity contribution in [1.82, 2.24) is 9.62 Å². The molecule has 0 fully saturated rings. The molecule has 10 heteroatoms. The normalized spacial score (nSPS) is 18.2. The molecule has 2 heterocycles. The standard InChI is InChI=1S/C25H30ClN5O3S/c1-3-5-13-28-25(32)30-14-12-17-15-18(10-11-22(17)30)23(4-2)35(33,34)31-16-21(29-24(31)27)19-8-6-7-9-20(19)26/h4,6-11,15,21,23H,2-3,5,12-14,16H2,1H3,(H2,27,29)(H,28,32). The number of nitrogens with zero attached hydrogens (tertiary/aromatic N) is 3. The molecule has 2 unspecified atom stereocenters. The molecular formula is C25H30ClN5O3S. The number of unbranched alkanes of at least 4 members (excludes halogenated alkanes) is 1. The second kappa shape index (κ2) is 10.3. The molecule has 2 aliphatic rings. The Bertz CT molecular complexity index is 1260. The first kappa shape index (κ1) is 25.1. The molecule has 0 saturated heterocycles. The summed E-state index contributed by atoms with van der Waals surface area (Å²) in [6.07, 6.45) is 3.97. The average molecular weight is 516 g/mol.